The van der Waals surface area contributed by atoms with Gasteiger partial charge in [0.25, 0.3) is 0 Å². The molecule has 0 amide bonds. The molecule has 1 aliphatic heterocycles. The molecule has 1 saturated carbocycles. The summed E-state index contributed by atoms with van der Waals surface area (Å²) in [5, 5.41) is 8.80. The first-order chi connectivity index (χ1) is 8.81. The van der Waals surface area contributed by atoms with Crippen LogP contribution in [0.4, 0.5) is 0 Å². The van der Waals surface area contributed by atoms with Crippen LogP contribution in [0.1, 0.15) is 42.7 Å². The van der Waals surface area contributed by atoms with E-state index >= 15 is 0 Å². The number of nitrogens with zero attached hydrogens (tertiary/aromatic N) is 1. The second-order valence-corrected chi connectivity index (χ2v) is 5.12. The molecule has 1 aliphatic carbocycles. The van der Waals surface area contributed by atoms with Crippen LogP contribution in [0.15, 0.2) is 24.3 Å². The third kappa shape index (κ3) is 2.14. The third-order valence-corrected chi connectivity index (χ3v) is 4.07. The lowest BCUT2D eigenvalue weighted by molar-refractivity contribution is -0.178. The van der Waals surface area contributed by atoms with Crippen molar-refractivity contribution in [2.75, 3.05) is 13.2 Å². The molecule has 0 unspecified atom stereocenters. The maximum Gasteiger partial charge on any atom is 0.168 e. The summed E-state index contributed by atoms with van der Waals surface area (Å²) in [5.41, 5.74) is 2.07. The van der Waals surface area contributed by atoms with Gasteiger partial charge in [0.2, 0.25) is 0 Å². The summed E-state index contributed by atoms with van der Waals surface area (Å²) < 4.78 is 11.5. The molecule has 2 fully saturated rings. The number of ether oxygens (including phenoxy) is 2. The molecule has 0 bridgehead atoms. The summed E-state index contributed by atoms with van der Waals surface area (Å²) in [6, 6.07) is 10.1. The summed E-state index contributed by atoms with van der Waals surface area (Å²) in [7, 11) is 0. The van der Waals surface area contributed by atoms with Gasteiger partial charge in [0, 0.05) is 12.8 Å². The molecule has 2 aliphatic rings. The molecule has 1 spiro atoms. The average Bonchev–Trinajstić information content (AvgIpc) is 2.88. The van der Waals surface area contributed by atoms with Gasteiger partial charge in [-0.25, -0.2) is 0 Å². The zero-order valence-electron chi connectivity index (χ0n) is 10.4. The van der Waals surface area contributed by atoms with Gasteiger partial charge in [-0.15, -0.1) is 0 Å². The van der Waals surface area contributed by atoms with Crippen molar-refractivity contribution in [3.63, 3.8) is 0 Å². The van der Waals surface area contributed by atoms with E-state index in [1.807, 2.05) is 12.1 Å². The summed E-state index contributed by atoms with van der Waals surface area (Å²) in [5.74, 6) is 0.305. The van der Waals surface area contributed by atoms with E-state index in [9.17, 15) is 0 Å². The lowest BCUT2D eigenvalue weighted by Crippen LogP contribution is -2.34. The van der Waals surface area contributed by atoms with Crippen LogP contribution < -0.4 is 0 Å². The molecule has 3 rings (SSSR count). The van der Waals surface area contributed by atoms with Crippen molar-refractivity contribution >= 4 is 0 Å². The fourth-order valence-corrected chi connectivity index (χ4v) is 3.01. The first-order valence-electron chi connectivity index (χ1n) is 6.59. The molecular formula is C15H17NO2. The van der Waals surface area contributed by atoms with E-state index in [0.717, 1.165) is 44.5 Å². The Balaban J connectivity index is 1.66. The van der Waals surface area contributed by atoms with E-state index in [2.05, 4.69) is 18.2 Å². The number of hydrogen-bond donors (Lipinski definition) is 0. The Morgan fingerprint density at radius 3 is 2.22 bits per heavy atom. The quantitative estimate of drug-likeness (QED) is 0.761. The van der Waals surface area contributed by atoms with Gasteiger partial charge in [-0.05, 0) is 36.5 Å². The first-order valence-corrected chi connectivity index (χ1v) is 6.59. The van der Waals surface area contributed by atoms with Gasteiger partial charge < -0.3 is 9.47 Å². The van der Waals surface area contributed by atoms with Crippen molar-refractivity contribution < 1.29 is 9.47 Å². The monoisotopic (exact) mass is 243 g/mol. The lowest BCUT2D eigenvalue weighted by Gasteiger charge is -2.35. The number of nitriles is 1. The van der Waals surface area contributed by atoms with Crippen LogP contribution in [0, 0.1) is 11.3 Å². The second kappa shape index (κ2) is 4.72. The molecule has 0 atom stereocenters. The van der Waals surface area contributed by atoms with Crippen LogP contribution in [0.5, 0.6) is 0 Å². The maximum atomic E-state index is 8.80. The lowest BCUT2D eigenvalue weighted by atomic mass is 9.81. The van der Waals surface area contributed by atoms with Crippen LogP contribution in [0.3, 0.4) is 0 Å². The minimum Gasteiger partial charge on any atom is -0.348 e. The van der Waals surface area contributed by atoms with E-state index in [1.54, 1.807) is 0 Å². The van der Waals surface area contributed by atoms with Crippen LogP contribution in [0.25, 0.3) is 0 Å². The third-order valence-electron chi connectivity index (χ3n) is 4.07. The smallest absolute Gasteiger partial charge is 0.168 e. The fourth-order valence-electron chi connectivity index (χ4n) is 3.01. The Bertz CT molecular complexity index is 444. The standard InChI is InChI=1S/C15H17NO2/c16-11-12-1-3-13(4-2-12)14-5-7-15(8-6-14)17-9-10-18-15/h1-4,14H,5-10H2. The summed E-state index contributed by atoms with van der Waals surface area (Å²) in [6.07, 6.45) is 4.17. The highest BCUT2D eigenvalue weighted by atomic mass is 16.7. The van der Waals surface area contributed by atoms with Crippen LogP contribution in [-0.4, -0.2) is 19.0 Å². The number of benzene rings is 1. The SMILES string of the molecule is N#Cc1ccc(C2CCC3(CC2)OCCO3)cc1. The Morgan fingerprint density at radius 1 is 1.06 bits per heavy atom. The van der Waals surface area contributed by atoms with Crippen LogP contribution in [-0.2, 0) is 9.47 Å². The topological polar surface area (TPSA) is 42.2 Å². The molecular weight excluding hydrogens is 226 g/mol. The van der Waals surface area contributed by atoms with Gasteiger partial charge in [-0.1, -0.05) is 12.1 Å². The summed E-state index contributed by atoms with van der Waals surface area (Å²) >= 11 is 0. The highest BCUT2D eigenvalue weighted by Crippen LogP contribution is 2.42. The molecule has 18 heavy (non-hydrogen) atoms. The van der Waals surface area contributed by atoms with Gasteiger partial charge in [0.15, 0.2) is 5.79 Å². The molecule has 1 heterocycles. The van der Waals surface area contributed by atoms with E-state index in [4.69, 9.17) is 14.7 Å². The second-order valence-electron chi connectivity index (χ2n) is 5.12. The van der Waals surface area contributed by atoms with E-state index in [1.165, 1.54) is 5.56 Å². The van der Waals surface area contributed by atoms with Crippen LogP contribution >= 0.6 is 0 Å². The molecule has 1 saturated heterocycles. The summed E-state index contributed by atoms with van der Waals surface area (Å²) in [4.78, 5) is 0. The maximum absolute atomic E-state index is 8.80. The van der Waals surface area contributed by atoms with Crippen molar-refractivity contribution in [1.82, 2.24) is 0 Å². The Morgan fingerprint density at radius 2 is 1.67 bits per heavy atom. The average molecular weight is 243 g/mol. The van der Waals surface area contributed by atoms with Crippen molar-refractivity contribution in [2.45, 2.75) is 37.4 Å². The molecule has 3 heteroatoms. The molecule has 94 valence electrons. The normalized spacial score (nSPS) is 23.1. The van der Waals surface area contributed by atoms with Crippen LogP contribution in [0.2, 0.25) is 0 Å². The molecule has 3 nitrogen and oxygen atoms in total. The molecule has 1 aromatic carbocycles. The van der Waals surface area contributed by atoms with Crippen molar-refractivity contribution in [3.8, 4) is 6.07 Å². The first kappa shape index (κ1) is 11.7. The summed E-state index contributed by atoms with van der Waals surface area (Å²) in [6.45, 7) is 1.48. The van der Waals surface area contributed by atoms with Gasteiger partial charge in [0.1, 0.15) is 0 Å². The van der Waals surface area contributed by atoms with Gasteiger partial charge >= 0.3 is 0 Å². The largest absolute Gasteiger partial charge is 0.348 e. The van der Waals surface area contributed by atoms with E-state index in [0.29, 0.717) is 5.92 Å². The van der Waals surface area contributed by atoms with E-state index in [-0.39, 0.29) is 5.79 Å². The molecule has 0 aromatic heterocycles. The predicted molar refractivity (Wildman–Crippen MR) is 67.0 cm³/mol. The zero-order valence-corrected chi connectivity index (χ0v) is 10.4. The Hall–Kier alpha value is -1.37. The van der Waals surface area contributed by atoms with Crippen molar-refractivity contribution in [1.29, 1.82) is 5.26 Å². The van der Waals surface area contributed by atoms with Gasteiger partial charge in [-0.2, -0.15) is 5.26 Å². The highest BCUT2D eigenvalue weighted by Gasteiger charge is 2.40. The van der Waals surface area contributed by atoms with Gasteiger partial charge in [0.05, 0.1) is 24.8 Å². The number of rotatable bonds is 1. The molecule has 0 N–H and O–H groups in total. The predicted octanol–water partition coefficient (Wildman–Crippen LogP) is 2.96. The van der Waals surface area contributed by atoms with Gasteiger partial charge in [-0.3, -0.25) is 0 Å². The van der Waals surface area contributed by atoms with E-state index < -0.39 is 0 Å². The zero-order chi connectivity index (χ0) is 12.4. The Kier molecular flexibility index (Phi) is 3.07. The Labute approximate surface area is 107 Å². The highest BCUT2D eigenvalue weighted by molar-refractivity contribution is 5.33. The number of hydrogen-bond acceptors (Lipinski definition) is 3. The minimum atomic E-state index is -0.275. The molecule has 0 radical (unpaired) electrons. The van der Waals surface area contributed by atoms with Crippen molar-refractivity contribution in [3.05, 3.63) is 35.4 Å². The minimum absolute atomic E-state index is 0.275. The van der Waals surface area contributed by atoms with Crippen molar-refractivity contribution in [2.24, 2.45) is 0 Å². The fraction of sp³-hybridized carbons (Fsp3) is 0.533. The molecule has 1 aromatic rings.